The predicted molar refractivity (Wildman–Crippen MR) is 139 cm³/mol. The maximum Gasteiger partial charge on any atom is 0.225 e. The number of nitrogens with one attached hydrogen (secondary N) is 2. The van der Waals surface area contributed by atoms with Gasteiger partial charge in [-0.3, -0.25) is 0 Å². The number of nitriles is 1. The third kappa shape index (κ3) is 5.25. The van der Waals surface area contributed by atoms with Crippen molar-refractivity contribution in [2.75, 3.05) is 18.4 Å². The second-order valence-corrected chi connectivity index (χ2v) is 9.54. The summed E-state index contributed by atoms with van der Waals surface area (Å²) in [6.07, 6.45) is 5.10. The lowest BCUT2D eigenvalue weighted by molar-refractivity contribution is 0.339. The van der Waals surface area contributed by atoms with Crippen LogP contribution < -0.4 is 10.6 Å². The number of hydrogen-bond donors (Lipinski definition) is 2. The van der Waals surface area contributed by atoms with E-state index >= 15 is 0 Å². The first-order valence-corrected chi connectivity index (χ1v) is 12.5. The average molecular weight is 506 g/mol. The zero-order valence-corrected chi connectivity index (χ0v) is 20.6. The van der Waals surface area contributed by atoms with Crippen molar-refractivity contribution in [1.29, 1.82) is 5.26 Å². The number of fused-ring (bicyclic) bond motifs is 1. The monoisotopic (exact) mass is 505 g/mol. The third-order valence-electron chi connectivity index (χ3n) is 6.43. The number of rotatable bonds is 7. The van der Waals surface area contributed by atoms with Gasteiger partial charge in [0.05, 0.1) is 33.4 Å². The molecule has 178 valence electrons. The number of imidazole rings is 1. The summed E-state index contributed by atoms with van der Waals surface area (Å²) in [6.45, 7) is 3.43. The summed E-state index contributed by atoms with van der Waals surface area (Å²) in [7, 11) is 0. The van der Waals surface area contributed by atoms with Crippen LogP contribution in [0, 0.1) is 17.2 Å². The molecule has 0 bridgehead atoms. The average Bonchev–Trinajstić information content (AvgIpc) is 3.24. The van der Waals surface area contributed by atoms with Crippen LogP contribution in [0.4, 0.5) is 5.95 Å². The molecule has 1 saturated heterocycles. The molecule has 0 saturated carbocycles. The fourth-order valence-corrected chi connectivity index (χ4v) is 5.04. The molecule has 2 aromatic carbocycles. The Hall–Kier alpha value is -3.18. The second-order valence-electron chi connectivity index (χ2n) is 8.73. The van der Waals surface area contributed by atoms with Crippen LogP contribution in [-0.2, 0) is 13.1 Å². The normalized spacial score (nSPS) is 14.2. The minimum atomic E-state index is 0.515. The minimum absolute atomic E-state index is 0.515. The van der Waals surface area contributed by atoms with Gasteiger partial charge in [-0.15, -0.1) is 0 Å². The van der Waals surface area contributed by atoms with Gasteiger partial charge < -0.3 is 15.2 Å². The Kier molecular flexibility index (Phi) is 7.14. The Labute approximate surface area is 214 Å². The van der Waals surface area contributed by atoms with Crippen molar-refractivity contribution in [1.82, 2.24) is 24.8 Å². The zero-order valence-electron chi connectivity index (χ0n) is 19.1. The van der Waals surface area contributed by atoms with Gasteiger partial charge in [-0.1, -0.05) is 41.4 Å². The van der Waals surface area contributed by atoms with Crippen LogP contribution in [0.15, 0.2) is 48.7 Å². The molecule has 0 radical (unpaired) electrons. The van der Waals surface area contributed by atoms with E-state index in [9.17, 15) is 0 Å². The van der Waals surface area contributed by atoms with Gasteiger partial charge in [0, 0.05) is 13.1 Å². The van der Waals surface area contributed by atoms with Crippen molar-refractivity contribution in [2.45, 2.75) is 32.4 Å². The van der Waals surface area contributed by atoms with E-state index < -0.39 is 0 Å². The van der Waals surface area contributed by atoms with E-state index in [4.69, 9.17) is 38.4 Å². The van der Waals surface area contributed by atoms with Crippen molar-refractivity contribution >= 4 is 40.3 Å². The first-order chi connectivity index (χ1) is 17.1. The van der Waals surface area contributed by atoms with Crippen LogP contribution in [-0.4, -0.2) is 32.6 Å². The molecule has 3 heterocycles. The van der Waals surface area contributed by atoms with Crippen LogP contribution in [0.2, 0.25) is 10.0 Å². The van der Waals surface area contributed by atoms with Crippen LogP contribution in [0.1, 0.15) is 30.4 Å². The number of hydrogen-bond acceptors (Lipinski definition) is 6. The molecule has 4 aromatic rings. The Morgan fingerprint density at radius 1 is 1.06 bits per heavy atom. The molecule has 9 heteroatoms. The summed E-state index contributed by atoms with van der Waals surface area (Å²) < 4.78 is 2.12. The number of nitrogens with zero attached hydrogens (tertiary/aromatic N) is 5. The van der Waals surface area contributed by atoms with Crippen LogP contribution >= 0.6 is 23.2 Å². The Bertz CT molecular complexity index is 1350. The van der Waals surface area contributed by atoms with Gasteiger partial charge >= 0.3 is 0 Å². The Balaban J connectivity index is 1.47. The standard InChI is InChI=1S/C26H25Cl2N7/c27-20-2-1-3-21(28)23(20)25-33-22-16-32-26(31-15-19-6-4-18(14-29)5-7-19)34-24(22)35(25)13-10-17-8-11-30-12-9-17/h1-7,16-17,30H,8-13,15H2,(H,31,32,34). The van der Waals surface area contributed by atoms with Gasteiger partial charge in [0.15, 0.2) is 5.65 Å². The topological polar surface area (TPSA) is 91.5 Å². The molecular weight excluding hydrogens is 481 g/mol. The highest BCUT2D eigenvalue weighted by atomic mass is 35.5. The summed E-state index contributed by atoms with van der Waals surface area (Å²) >= 11 is 13.1. The minimum Gasteiger partial charge on any atom is -0.350 e. The lowest BCUT2D eigenvalue weighted by atomic mass is 9.95. The summed E-state index contributed by atoms with van der Waals surface area (Å²) in [5, 5.41) is 16.8. The molecular formula is C26H25Cl2N7. The molecule has 35 heavy (non-hydrogen) atoms. The fraction of sp³-hybridized carbons (Fsp3) is 0.308. The van der Waals surface area contributed by atoms with E-state index in [1.54, 1.807) is 18.3 Å². The molecule has 0 unspecified atom stereocenters. The molecule has 1 aliphatic heterocycles. The summed E-state index contributed by atoms with van der Waals surface area (Å²) in [5.74, 6) is 1.88. The van der Waals surface area contributed by atoms with Crippen molar-refractivity contribution in [3.8, 4) is 17.5 Å². The number of benzene rings is 2. The lowest BCUT2D eigenvalue weighted by Gasteiger charge is -2.23. The first-order valence-electron chi connectivity index (χ1n) is 11.7. The molecule has 1 aliphatic rings. The molecule has 0 aliphatic carbocycles. The SMILES string of the molecule is N#Cc1ccc(CNc2ncc3nc(-c4c(Cl)cccc4Cl)n(CCC4CCNCC4)c3n2)cc1. The predicted octanol–water partition coefficient (Wildman–Crippen LogP) is 5.67. The van der Waals surface area contributed by atoms with E-state index in [1.807, 2.05) is 30.3 Å². The first kappa shape index (κ1) is 23.6. The van der Waals surface area contributed by atoms with Gasteiger partial charge in [0.2, 0.25) is 5.95 Å². The highest BCUT2D eigenvalue weighted by Crippen LogP contribution is 2.36. The molecule has 0 spiro atoms. The van der Waals surface area contributed by atoms with Crippen LogP contribution in [0.25, 0.3) is 22.6 Å². The lowest BCUT2D eigenvalue weighted by Crippen LogP contribution is -2.28. The molecule has 2 N–H and O–H groups in total. The quantitative estimate of drug-likeness (QED) is 0.336. The van der Waals surface area contributed by atoms with Crippen molar-refractivity contribution in [3.05, 3.63) is 69.8 Å². The zero-order chi connectivity index (χ0) is 24.2. The highest BCUT2D eigenvalue weighted by Gasteiger charge is 2.21. The van der Waals surface area contributed by atoms with Gasteiger partial charge in [-0.05, 0) is 68.1 Å². The van der Waals surface area contributed by atoms with E-state index in [1.165, 1.54) is 12.8 Å². The smallest absolute Gasteiger partial charge is 0.225 e. The van der Waals surface area contributed by atoms with E-state index in [0.29, 0.717) is 50.9 Å². The van der Waals surface area contributed by atoms with E-state index in [-0.39, 0.29) is 0 Å². The fourth-order valence-electron chi connectivity index (χ4n) is 4.48. The van der Waals surface area contributed by atoms with Gasteiger partial charge in [0.1, 0.15) is 11.3 Å². The van der Waals surface area contributed by atoms with Gasteiger partial charge in [-0.25, -0.2) is 9.97 Å². The Morgan fingerprint density at radius 3 is 2.51 bits per heavy atom. The van der Waals surface area contributed by atoms with Gasteiger partial charge in [0.25, 0.3) is 0 Å². The molecule has 7 nitrogen and oxygen atoms in total. The van der Waals surface area contributed by atoms with E-state index in [2.05, 4.69) is 26.3 Å². The maximum absolute atomic E-state index is 8.99. The molecule has 5 rings (SSSR count). The van der Waals surface area contributed by atoms with Gasteiger partial charge in [-0.2, -0.15) is 10.2 Å². The number of anilines is 1. The summed E-state index contributed by atoms with van der Waals surface area (Å²) in [5.41, 5.74) is 3.84. The molecule has 0 atom stereocenters. The third-order valence-corrected chi connectivity index (χ3v) is 7.06. The second kappa shape index (κ2) is 10.6. The van der Waals surface area contributed by atoms with Crippen molar-refractivity contribution in [2.24, 2.45) is 5.92 Å². The van der Waals surface area contributed by atoms with Crippen molar-refractivity contribution in [3.63, 3.8) is 0 Å². The maximum atomic E-state index is 8.99. The summed E-state index contributed by atoms with van der Waals surface area (Å²) in [4.78, 5) is 14.1. The Morgan fingerprint density at radius 2 is 1.80 bits per heavy atom. The largest absolute Gasteiger partial charge is 0.350 e. The highest BCUT2D eigenvalue weighted by molar-refractivity contribution is 6.39. The molecule has 1 fully saturated rings. The van der Waals surface area contributed by atoms with Crippen LogP contribution in [0.5, 0.6) is 0 Å². The molecule has 0 amide bonds. The number of halogens is 2. The van der Waals surface area contributed by atoms with Crippen LogP contribution in [0.3, 0.4) is 0 Å². The number of aryl methyl sites for hydroxylation is 1. The molecule has 2 aromatic heterocycles. The van der Waals surface area contributed by atoms with Crippen molar-refractivity contribution < 1.29 is 0 Å². The summed E-state index contributed by atoms with van der Waals surface area (Å²) in [6, 6.07) is 15.1. The van der Waals surface area contributed by atoms with E-state index in [0.717, 1.165) is 37.3 Å². The number of aromatic nitrogens is 4. The number of piperidine rings is 1.